The van der Waals surface area contributed by atoms with E-state index in [4.69, 9.17) is 32.5 Å². The first-order chi connectivity index (χ1) is 19.3. The molecule has 7 rings (SSSR count). The fourth-order valence-corrected chi connectivity index (χ4v) is 7.36. The number of carboxylic acid groups (broad SMARTS) is 1. The van der Waals surface area contributed by atoms with E-state index in [0.717, 1.165) is 31.2 Å². The molecule has 3 fully saturated rings. The van der Waals surface area contributed by atoms with Crippen molar-refractivity contribution in [3.63, 3.8) is 0 Å². The Bertz CT molecular complexity index is 1610. The third-order valence-electron chi connectivity index (χ3n) is 8.78. The number of carboxylic acids is 1. The van der Waals surface area contributed by atoms with Crippen LogP contribution in [0.25, 0.3) is 22.2 Å². The average molecular weight is 584 g/mol. The molecule has 7 nitrogen and oxygen atoms in total. The lowest BCUT2D eigenvalue weighted by Gasteiger charge is -2.43. The molecule has 208 valence electrons. The Morgan fingerprint density at radius 3 is 2.60 bits per heavy atom. The van der Waals surface area contributed by atoms with Gasteiger partial charge in [0.05, 0.1) is 22.2 Å². The fraction of sp³-hybridized carbons (Fsp3) is 0.400. The van der Waals surface area contributed by atoms with Crippen LogP contribution in [0.15, 0.2) is 47.0 Å². The number of anilines is 1. The number of alkyl halides is 1. The van der Waals surface area contributed by atoms with Crippen molar-refractivity contribution in [2.75, 3.05) is 11.5 Å². The molecule has 2 aromatic heterocycles. The zero-order valence-corrected chi connectivity index (χ0v) is 23.3. The highest BCUT2D eigenvalue weighted by Crippen LogP contribution is 2.51. The molecule has 4 atom stereocenters. The van der Waals surface area contributed by atoms with E-state index in [-0.39, 0.29) is 30.2 Å². The van der Waals surface area contributed by atoms with Gasteiger partial charge in [0, 0.05) is 41.9 Å². The Labute approximate surface area is 240 Å². The average Bonchev–Trinajstić information content (AvgIpc) is 3.52. The Hall–Kier alpha value is -3.23. The van der Waals surface area contributed by atoms with Crippen molar-refractivity contribution in [3.05, 3.63) is 63.8 Å². The fourth-order valence-electron chi connectivity index (χ4n) is 6.78. The van der Waals surface area contributed by atoms with E-state index >= 15 is 4.39 Å². The number of hydrogen-bond donors (Lipinski definition) is 1. The molecule has 1 saturated carbocycles. The Morgan fingerprint density at radius 2 is 1.88 bits per heavy atom. The molecule has 2 aliphatic heterocycles. The first-order valence-electron chi connectivity index (χ1n) is 13.6. The number of hydrogen-bond acceptors (Lipinski definition) is 5. The number of halogens is 3. The summed E-state index contributed by atoms with van der Waals surface area (Å²) in [6.07, 6.45) is 2.70. The van der Waals surface area contributed by atoms with Gasteiger partial charge in [0.1, 0.15) is 17.6 Å². The Kier molecular flexibility index (Phi) is 6.24. The first kappa shape index (κ1) is 25.7. The highest BCUT2D eigenvalue weighted by molar-refractivity contribution is 6.39. The maximum Gasteiger partial charge on any atom is 0.340 e. The van der Waals surface area contributed by atoms with Crippen LogP contribution < -0.4 is 9.64 Å². The maximum atomic E-state index is 15.8. The minimum Gasteiger partial charge on any atom is -0.487 e. The zero-order chi connectivity index (χ0) is 27.7. The summed E-state index contributed by atoms with van der Waals surface area (Å²) in [5.41, 5.74) is 2.05. The van der Waals surface area contributed by atoms with Crippen LogP contribution in [0.3, 0.4) is 0 Å². The van der Waals surface area contributed by atoms with E-state index in [1.165, 1.54) is 0 Å². The number of rotatable bonds is 7. The minimum absolute atomic E-state index is 0.0764. The second-order valence-corrected chi connectivity index (χ2v) is 11.9. The van der Waals surface area contributed by atoms with Crippen molar-refractivity contribution in [1.29, 1.82) is 0 Å². The maximum absolute atomic E-state index is 15.8. The molecular weight excluding hydrogens is 556 g/mol. The summed E-state index contributed by atoms with van der Waals surface area (Å²) in [5, 5.41) is 16.1. The van der Waals surface area contributed by atoms with Gasteiger partial charge in [-0.05, 0) is 50.3 Å². The number of aryl methyl sites for hydroxylation is 1. The molecule has 4 aromatic rings. The topological polar surface area (TPSA) is 80.7 Å². The molecule has 10 heteroatoms. The molecule has 2 bridgehead atoms. The highest BCUT2D eigenvalue weighted by atomic mass is 35.5. The van der Waals surface area contributed by atoms with Crippen molar-refractivity contribution in [2.24, 2.45) is 13.0 Å². The van der Waals surface area contributed by atoms with Crippen molar-refractivity contribution < 1.29 is 23.6 Å². The smallest absolute Gasteiger partial charge is 0.340 e. The zero-order valence-electron chi connectivity index (χ0n) is 21.8. The third kappa shape index (κ3) is 3.98. The predicted octanol–water partition coefficient (Wildman–Crippen LogP) is 7.49. The summed E-state index contributed by atoms with van der Waals surface area (Å²) >= 11 is 13.0. The lowest BCUT2D eigenvalue weighted by molar-refractivity contribution is 0.0698. The third-order valence-corrected chi connectivity index (χ3v) is 9.41. The Balaban J connectivity index is 1.25. The molecule has 1 N–H and O–H groups in total. The number of benzene rings is 2. The summed E-state index contributed by atoms with van der Waals surface area (Å²) < 4.78 is 29.9. The van der Waals surface area contributed by atoms with Crippen molar-refractivity contribution in [1.82, 2.24) is 9.72 Å². The van der Waals surface area contributed by atoms with Crippen LogP contribution in [0.5, 0.6) is 5.75 Å². The van der Waals surface area contributed by atoms with Gasteiger partial charge < -0.3 is 23.8 Å². The molecule has 4 unspecified atom stereocenters. The van der Waals surface area contributed by atoms with Gasteiger partial charge in [0.25, 0.3) is 0 Å². The number of para-hydroxylation sites is 1. The summed E-state index contributed by atoms with van der Waals surface area (Å²) in [4.78, 5) is 14.7. The van der Waals surface area contributed by atoms with Crippen LogP contribution in [-0.2, 0) is 7.05 Å². The van der Waals surface area contributed by atoms with E-state index in [0.29, 0.717) is 50.4 Å². The van der Waals surface area contributed by atoms with Gasteiger partial charge in [-0.2, -0.15) is 0 Å². The van der Waals surface area contributed by atoms with Crippen LogP contribution in [0, 0.1) is 5.92 Å². The SMILES string of the molecule is Cn1c(N2C3CCC2C(COc2c(-c4c(Cl)cccc4Cl)noc2C2CC2)C(F)C3)c(C(=O)O)c2ccccc21. The van der Waals surface area contributed by atoms with Gasteiger partial charge in [-0.1, -0.05) is 52.6 Å². The van der Waals surface area contributed by atoms with Gasteiger partial charge in [-0.15, -0.1) is 0 Å². The molecule has 40 heavy (non-hydrogen) atoms. The van der Waals surface area contributed by atoms with Gasteiger partial charge >= 0.3 is 5.97 Å². The second kappa shape index (κ2) is 9.70. The van der Waals surface area contributed by atoms with E-state index in [2.05, 4.69) is 10.1 Å². The van der Waals surface area contributed by atoms with E-state index < -0.39 is 18.1 Å². The minimum atomic E-state index is -1.09. The number of fused-ring (bicyclic) bond motifs is 3. The molecule has 2 aromatic carbocycles. The second-order valence-electron chi connectivity index (χ2n) is 11.1. The van der Waals surface area contributed by atoms with Crippen molar-refractivity contribution in [2.45, 2.75) is 56.3 Å². The number of aromatic carboxylic acids is 1. The summed E-state index contributed by atoms with van der Waals surface area (Å²) in [6, 6.07) is 12.4. The quantitative estimate of drug-likeness (QED) is 0.243. The monoisotopic (exact) mass is 583 g/mol. The first-order valence-corrected chi connectivity index (χ1v) is 14.4. The summed E-state index contributed by atoms with van der Waals surface area (Å²) in [7, 11) is 1.88. The van der Waals surface area contributed by atoms with Gasteiger partial charge in [-0.25, -0.2) is 9.18 Å². The highest BCUT2D eigenvalue weighted by Gasteiger charge is 2.50. The molecule has 0 spiro atoms. The lowest BCUT2D eigenvalue weighted by atomic mass is 9.88. The van der Waals surface area contributed by atoms with E-state index in [1.54, 1.807) is 18.2 Å². The number of ether oxygens (including phenoxy) is 1. The molecule has 0 radical (unpaired) electrons. The van der Waals surface area contributed by atoms with Gasteiger partial charge in [0.2, 0.25) is 0 Å². The number of aromatic nitrogens is 2. The molecule has 0 amide bonds. The molecule has 4 heterocycles. The molecular formula is C30H28Cl2FN3O4. The standard InChI is InChI=1S/C30H28Cl2FN3O4/c1-35-22-8-3-2-5-17(22)24(30(37)38)29(35)36-16-11-12-23(36)18(21(33)13-16)14-39-28-26(34-40-27(28)15-9-10-15)25-19(31)6-4-7-20(25)32/h2-8,15-16,18,21,23H,9-14H2,1H3,(H,37,38). The van der Waals surface area contributed by atoms with Crippen LogP contribution in [0.4, 0.5) is 10.2 Å². The lowest BCUT2D eigenvalue weighted by Crippen LogP contribution is -2.52. The van der Waals surface area contributed by atoms with Gasteiger partial charge in [0.15, 0.2) is 17.2 Å². The Morgan fingerprint density at radius 1 is 1.12 bits per heavy atom. The number of carbonyl (C=O) groups is 1. The van der Waals surface area contributed by atoms with Crippen molar-refractivity contribution >= 4 is 45.9 Å². The van der Waals surface area contributed by atoms with Crippen LogP contribution >= 0.6 is 23.2 Å². The van der Waals surface area contributed by atoms with Crippen LogP contribution in [0.1, 0.15) is 54.1 Å². The molecule has 3 aliphatic rings. The van der Waals surface area contributed by atoms with Crippen LogP contribution in [-0.4, -0.2) is 45.7 Å². The normalized spacial score (nSPS) is 24.1. The van der Waals surface area contributed by atoms with E-state index in [9.17, 15) is 9.90 Å². The largest absolute Gasteiger partial charge is 0.487 e. The molecule has 2 saturated heterocycles. The van der Waals surface area contributed by atoms with Crippen molar-refractivity contribution in [3.8, 4) is 17.0 Å². The van der Waals surface area contributed by atoms with Gasteiger partial charge in [-0.3, -0.25) is 0 Å². The van der Waals surface area contributed by atoms with Crippen LogP contribution in [0.2, 0.25) is 10.0 Å². The number of piperidine rings is 1. The molecule has 1 aliphatic carbocycles. The summed E-state index contributed by atoms with van der Waals surface area (Å²) in [5.74, 6) is 0.472. The summed E-state index contributed by atoms with van der Waals surface area (Å²) in [6.45, 7) is 0.0946. The predicted molar refractivity (Wildman–Crippen MR) is 152 cm³/mol. The number of nitrogens with zero attached hydrogens (tertiary/aromatic N) is 3. The van der Waals surface area contributed by atoms with E-state index in [1.807, 2.05) is 35.9 Å².